The Kier molecular flexibility index (Phi) is 5.44. The molecule has 0 saturated heterocycles. The van der Waals surface area contributed by atoms with Crippen LogP contribution >= 0.6 is 0 Å². The van der Waals surface area contributed by atoms with Gasteiger partial charge in [-0.15, -0.1) is 0 Å². The molecule has 1 atom stereocenters. The van der Waals surface area contributed by atoms with Gasteiger partial charge in [-0.2, -0.15) is 0 Å². The SMILES string of the molecule is CCCC1(CNCC(O)COc2ccc(C)cc2)CC1. The minimum atomic E-state index is -0.450. The van der Waals surface area contributed by atoms with E-state index in [9.17, 15) is 5.11 Å². The summed E-state index contributed by atoms with van der Waals surface area (Å²) < 4.78 is 5.58. The molecule has 0 bridgehead atoms. The van der Waals surface area contributed by atoms with Gasteiger partial charge in [-0.1, -0.05) is 31.0 Å². The highest BCUT2D eigenvalue weighted by molar-refractivity contribution is 5.26. The summed E-state index contributed by atoms with van der Waals surface area (Å²) in [6, 6.07) is 7.91. The maximum Gasteiger partial charge on any atom is 0.119 e. The van der Waals surface area contributed by atoms with Gasteiger partial charge in [-0.25, -0.2) is 0 Å². The average Bonchev–Trinajstić information content (AvgIpc) is 3.18. The normalized spacial score (nSPS) is 17.8. The Labute approximate surface area is 122 Å². The van der Waals surface area contributed by atoms with E-state index in [4.69, 9.17) is 4.74 Å². The number of hydrogen-bond donors (Lipinski definition) is 2. The van der Waals surface area contributed by atoms with E-state index in [-0.39, 0.29) is 0 Å². The largest absolute Gasteiger partial charge is 0.491 e. The van der Waals surface area contributed by atoms with Crippen molar-refractivity contribution in [2.24, 2.45) is 5.41 Å². The fraction of sp³-hybridized carbons (Fsp3) is 0.647. The topological polar surface area (TPSA) is 41.5 Å². The molecule has 0 aromatic heterocycles. The molecule has 2 rings (SSSR count). The molecule has 0 aliphatic heterocycles. The number of nitrogens with one attached hydrogen (secondary N) is 1. The van der Waals surface area contributed by atoms with Gasteiger partial charge in [-0.05, 0) is 43.7 Å². The first-order valence-corrected chi connectivity index (χ1v) is 7.72. The molecule has 0 heterocycles. The lowest BCUT2D eigenvalue weighted by molar-refractivity contribution is 0.105. The molecule has 1 aliphatic carbocycles. The summed E-state index contributed by atoms with van der Waals surface area (Å²) in [6.45, 7) is 6.27. The van der Waals surface area contributed by atoms with Gasteiger partial charge in [0.1, 0.15) is 18.5 Å². The van der Waals surface area contributed by atoms with Gasteiger partial charge in [0.15, 0.2) is 0 Å². The molecule has 2 N–H and O–H groups in total. The summed E-state index contributed by atoms with van der Waals surface area (Å²) in [6.07, 6.45) is 4.78. The van der Waals surface area contributed by atoms with E-state index in [0.29, 0.717) is 18.6 Å². The van der Waals surface area contributed by atoms with Crippen LogP contribution in [0.1, 0.15) is 38.2 Å². The van der Waals surface area contributed by atoms with Crippen LogP contribution in [-0.2, 0) is 0 Å². The third-order valence-corrected chi connectivity index (χ3v) is 4.08. The number of hydrogen-bond acceptors (Lipinski definition) is 3. The first kappa shape index (κ1) is 15.3. The number of benzene rings is 1. The monoisotopic (exact) mass is 277 g/mol. The molecule has 20 heavy (non-hydrogen) atoms. The van der Waals surface area contributed by atoms with Crippen molar-refractivity contribution in [1.82, 2.24) is 5.32 Å². The molecule has 1 saturated carbocycles. The Morgan fingerprint density at radius 3 is 2.60 bits per heavy atom. The maximum absolute atomic E-state index is 9.92. The first-order valence-electron chi connectivity index (χ1n) is 7.72. The minimum absolute atomic E-state index is 0.344. The standard InChI is InChI=1S/C17H27NO2/c1-3-8-17(9-10-17)13-18-11-15(19)12-20-16-6-4-14(2)5-7-16/h4-7,15,18-19H,3,8-13H2,1-2H3. The Morgan fingerprint density at radius 1 is 1.30 bits per heavy atom. The summed E-state index contributed by atoms with van der Waals surface area (Å²) in [5.74, 6) is 0.819. The summed E-state index contributed by atoms with van der Waals surface area (Å²) in [4.78, 5) is 0. The molecule has 0 radical (unpaired) electrons. The first-order chi connectivity index (χ1) is 9.63. The van der Waals surface area contributed by atoms with Crippen molar-refractivity contribution in [3.05, 3.63) is 29.8 Å². The Morgan fingerprint density at radius 2 is 2.00 bits per heavy atom. The highest BCUT2D eigenvalue weighted by atomic mass is 16.5. The highest BCUT2D eigenvalue weighted by Gasteiger charge is 2.40. The van der Waals surface area contributed by atoms with E-state index in [1.807, 2.05) is 31.2 Å². The van der Waals surface area contributed by atoms with Crippen LogP contribution in [0, 0.1) is 12.3 Å². The molecule has 1 aromatic carbocycles. The summed E-state index contributed by atoms with van der Waals surface area (Å²) in [5, 5.41) is 13.3. The lowest BCUT2D eigenvalue weighted by Crippen LogP contribution is -2.34. The van der Waals surface area contributed by atoms with Gasteiger partial charge >= 0.3 is 0 Å². The second-order valence-electron chi connectivity index (χ2n) is 6.16. The fourth-order valence-electron chi connectivity index (χ4n) is 2.61. The zero-order valence-corrected chi connectivity index (χ0v) is 12.7. The molecule has 3 heteroatoms. The average molecular weight is 277 g/mol. The highest BCUT2D eigenvalue weighted by Crippen LogP contribution is 2.48. The van der Waals surface area contributed by atoms with Crippen molar-refractivity contribution in [1.29, 1.82) is 0 Å². The van der Waals surface area contributed by atoms with Crippen molar-refractivity contribution in [3.8, 4) is 5.75 Å². The molecule has 112 valence electrons. The van der Waals surface area contributed by atoms with Crippen molar-refractivity contribution in [2.75, 3.05) is 19.7 Å². The third kappa shape index (κ3) is 4.80. The van der Waals surface area contributed by atoms with Crippen LogP contribution in [-0.4, -0.2) is 30.9 Å². The number of aliphatic hydroxyl groups excluding tert-OH is 1. The second-order valence-corrected chi connectivity index (χ2v) is 6.16. The van der Waals surface area contributed by atoms with Gasteiger partial charge in [0, 0.05) is 13.1 Å². The van der Waals surface area contributed by atoms with Crippen LogP contribution in [0.5, 0.6) is 5.75 Å². The van der Waals surface area contributed by atoms with E-state index in [1.54, 1.807) is 0 Å². The van der Waals surface area contributed by atoms with Gasteiger partial charge in [-0.3, -0.25) is 0 Å². The van der Waals surface area contributed by atoms with Crippen molar-refractivity contribution >= 4 is 0 Å². The molecule has 0 spiro atoms. The van der Waals surface area contributed by atoms with Crippen LogP contribution in [0.2, 0.25) is 0 Å². The van der Waals surface area contributed by atoms with Gasteiger partial charge < -0.3 is 15.2 Å². The van der Waals surface area contributed by atoms with Gasteiger partial charge in [0.05, 0.1) is 0 Å². The Bertz CT molecular complexity index is 398. The van der Waals surface area contributed by atoms with E-state index in [2.05, 4.69) is 12.2 Å². The molecular weight excluding hydrogens is 250 g/mol. The molecule has 1 aromatic rings. The van der Waals surface area contributed by atoms with E-state index >= 15 is 0 Å². The summed E-state index contributed by atoms with van der Waals surface area (Å²) in [5.41, 5.74) is 1.75. The van der Waals surface area contributed by atoms with Crippen LogP contribution in [0.3, 0.4) is 0 Å². The number of aliphatic hydroxyl groups is 1. The van der Waals surface area contributed by atoms with Gasteiger partial charge in [0.25, 0.3) is 0 Å². The fourth-order valence-corrected chi connectivity index (χ4v) is 2.61. The van der Waals surface area contributed by atoms with E-state index in [0.717, 1.165) is 12.3 Å². The maximum atomic E-state index is 9.92. The predicted octanol–water partition coefficient (Wildman–Crippen LogP) is 2.90. The molecule has 0 amide bonds. The molecular formula is C17H27NO2. The van der Waals surface area contributed by atoms with Crippen molar-refractivity contribution < 1.29 is 9.84 Å². The summed E-state index contributed by atoms with van der Waals surface area (Å²) >= 11 is 0. The zero-order valence-electron chi connectivity index (χ0n) is 12.7. The van der Waals surface area contributed by atoms with Crippen LogP contribution in [0.15, 0.2) is 24.3 Å². The van der Waals surface area contributed by atoms with Crippen molar-refractivity contribution in [3.63, 3.8) is 0 Å². The van der Waals surface area contributed by atoms with Crippen molar-refractivity contribution in [2.45, 2.75) is 45.6 Å². The van der Waals surface area contributed by atoms with Crippen LogP contribution in [0.25, 0.3) is 0 Å². The zero-order chi connectivity index (χ0) is 14.4. The Balaban J connectivity index is 1.61. The smallest absolute Gasteiger partial charge is 0.119 e. The quantitative estimate of drug-likeness (QED) is 0.729. The lowest BCUT2D eigenvalue weighted by atomic mass is 10.0. The number of ether oxygens (including phenoxy) is 1. The van der Waals surface area contributed by atoms with Gasteiger partial charge in [0.2, 0.25) is 0 Å². The predicted molar refractivity (Wildman–Crippen MR) is 82.1 cm³/mol. The number of rotatable bonds is 9. The third-order valence-electron chi connectivity index (χ3n) is 4.08. The molecule has 1 unspecified atom stereocenters. The van der Waals surface area contributed by atoms with Crippen LogP contribution in [0.4, 0.5) is 0 Å². The molecule has 3 nitrogen and oxygen atoms in total. The number of aryl methyl sites for hydroxylation is 1. The van der Waals surface area contributed by atoms with E-state index < -0.39 is 6.10 Å². The lowest BCUT2D eigenvalue weighted by Gasteiger charge is -2.17. The minimum Gasteiger partial charge on any atom is -0.491 e. The van der Waals surface area contributed by atoms with Crippen LogP contribution < -0.4 is 10.1 Å². The molecule has 1 aliphatic rings. The summed E-state index contributed by atoms with van der Waals surface area (Å²) in [7, 11) is 0. The Hall–Kier alpha value is -1.06. The van der Waals surface area contributed by atoms with E-state index in [1.165, 1.54) is 31.2 Å². The molecule has 1 fully saturated rings. The second kappa shape index (κ2) is 7.09.